The normalized spacial score (nSPS) is 11.3. The Morgan fingerprint density at radius 1 is 0.733 bits per heavy atom. The summed E-state index contributed by atoms with van der Waals surface area (Å²) in [5.74, 6) is -0.437. The van der Waals surface area contributed by atoms with Crippen LogP contribution in [-0.4, -0.2) is 75.4 Å². The number of esters is 2. The second kappa shape index (κ2) is 32.5. The van der Waals surface area contributed by atoms with Crippen LogP contribution in [0, 0.1) is 0 Å². The molecular weight excluding hydrogens is 562 g/mol. The van der Waals surface area contributed by atoms with E-state index in [2.05, 4.69) is 63.4 Å². The number of carbonyl (C=O) groups is 2. The molecule has 0 atom stereocenters. The van der Waals surface area contributed by atoms with Crippen LogP contribution in [0.3, 0.4) is 0 Å². The van der Waals surface area contributed by atoms with Gasteiger partial charge in [-0.2, -0.15) is 0 Å². The highest BCUT2D eigenvalue weighted by atomic mass is 16.5. The van der Waals surface area contributed by atoms with Crippen LogP contribution in [0.4, 0.5) is 0 Å². The molecule has 0 aromatic heterocycles. The molecule has 0 N–H and O–H groups in total. The minimum absolute atomic E-state index is 0.211. The van der Waals surface area contributed by atoms with Crippen molar-refractivity contribution in [3.63, 3.8) is 0 Å². The maximum atomic E-state index is 11.9. The molecule has 0 amide bonds. The monoisotopic (exact) mass is 630 g/mol. The number of carbonyl (C=O) groups excluding carboxylic acids is 2. The van der Waals surface area contributed by atoms with Gasteiger partial charge in [-0.25, -0.2) is 9.59 Å². The molecule has 258 valence electrons. The van der Waals surface area contributed by atoms with Gasteiger partial charge < -0.3 is 19.3 Å². The summed E-state index contributed by atoms with van der Waals surface area (Å²) in [6.45, 7) is 20.2. The fourth-order valence-electron chi connectivity index (χ4n) is 4.14. The molecule has 0 saturated carbocycles. The van der Waals surface area contributed by atoms with Gasteiger partial charge in [-0.15, -0.1) is 0 Å². The third kappa shape index (κ3) is 37.2. The van der Waals surface area contributed by atoms with E-state index in [-0.39, 0.29) is 11.9 Å². The van der Waals surface area contributed by atoms with E-state index in [1.807, 2.05) is 38.2 Å². The summed E-state index contributed by atoms with van der Waals surface area (Å²) in [5.41, 5.74) is 3.69. The van der Waals surface area contributed by atoms with Crippen molar-refractivity contribution in [3.05, 3.63) is 59.5 Å². The van der Waals surface area contributed by atoms with E-state index in [1.165, 1.54) is 36.8 Å². The first-order valence-electron chi connectivity index (χ1n) is 17.0. The first-order valence-corrected chi connectivity index (χ1v) is 17.0. The molecular formula is C38H67N3O4. The molecule has 0 aliphatic carbocycles. The lowest BCUT2D eigenvalue weighted by molar-refractivity contribution is -0.138. The summed E-state index contributed by atoms with van der Waals surface area (Å²) in [4.78, 5) is 31.5. The fourth-order valence-corrected chi connectivity index (χ4v) is 4.14. The third-order valence-electron chi connectivity index (χ3n) is 6.74. The zero-order valence-electron chi connectivity index (χ0n) is 30.2. The maximum Gasteiger partial charge on any atom is 0.330 e. The maximum absolute atomic E-state index is 11.9. The molecule has 0 heterocycles. The molecule has 0 aromatic carbocycles. The highest BCUT2D eigenvalue weighted by Crippen LogP contribution is 2.09. The van der Waals surface area contributed by atoms with E-state index in [0.717, 1.165) is 76.6 Å². The van der Waals surface area contributed by atoms with Gasteiger partial charge in [0.1, 0.15) is 0 Å². The Labute approximate surface area is 277 Å². The van der Waals surface area contributed by atoms with Crippen molar-refractivity contribution in [1.29, 1.82) is 0 Å². The van der Waals surface area contributed by atoms with Crippen LogP contribution in [0.2, 0.25) is 0 Å². The minimum Gasteiger partial charge on any atom is -0.463 e. The van der Waals surface area contributed by atoms with Crippen LogP contribution in [0.15, 0.2) is 64.5 Å². The zero-order chi connectivity index (χ0) is 34.1. The van der Waals surface area contributed by atoms with Crippen LogP contribution in [-0.2, 0) is 19.1 Å². The lowest BCUT2D eigenvalue weighted by atomic mass is 10.1. The molecule has 45 heavy (non-hydrogen) atoms. The van der Waals surface area contributed by atoms with Crippen molar-refractivity contribution >= 4 is 18.7 Å². The number of unbranched alkanes of at least 4 members (excludes halogenated alkanes) is 7. The molecule has 0 bridgehead atoms. The van der Waals surface area contributed by atoms with E-state index in [4.69, 9.17) is 9.47 Å². The summed E-state index contributed by atoms with van der Waals surface area (Å²) < 4.78 is 10.6. The molecule has 0 saturated heterocycles. The van der Waals surface area contributed by atoms with Gasteiger partial charge in [0.2, 0.25) is 0 Å². The molecule has 0 aliphatic rings. The number of rotatable bonds is 25. The number of aliphatic imine (C=N–C) groups is 1. The van der Waals surface area contributed by atoms with Crippen molar-refractivity contribution in [1.82, 2.24) is 9.80 Å². The van der Waals surface area contributed by atoms with E-state index >= 15 is 0 Å². The molecule has 0 aromatic rings. The molecule has 7 heteroatoms. The Morgan fingerprint density at radius 3 is 1.76 bits per heavy atom. The second-order valence-corrected chi connectivity index (χ2v) is 12.1. The van der Waals surface area contributed by atoms with Crippen molar-refractivity contribution in [2.24, 2.45) is 4.99 Å². The van der Waals surface area contributed by atoms with E-state index in [0.29, 0.717) is 13.2 Å². The number of hydrogen-bond donors (Lipinski definition) is 0. The highest BCUT2D eigenvalue weighted by Gasteiger charge is 2.04. The Bertz CT molecular complexity index is 908. The van der Waals surface area contributed by atoms with Crippen LogP contribution in [0.5, 0.6) is 0 Å². The second-order valence-electron chi connectivity index (χ2n) is 12.1. The lowest BCUT2D eigenvalue weighted by Gasteiger charge is -2.20. The molecule has 0 aliphatic heterocycles. The number of hydrogen-bond acceptors (Lipinski definition) is 7. The molecule has 0 spiro atoms. The predicted molar refractivity (Wildman–Crippen MR) is 194 cm³/mol. The first-order chi connectivity index (χ1) is 21.5. The average Bonchev–Trinajstić information content (AvgIpc) is 2.97. The average molecular weight is 630 g/mol. The van der Waals surface area contributed by atoms with Gasteiger partial charge in [0.25, 0.3) is 0 Å². The van der Waals surface area contributed by atoms with Crippen LogP contribution < -0.4 is 0 Å². The zero-order valence-corrected chi connectivity index (χ0v) is 30.2. The largest absolute Gasteiger partial charge is 0.463 e. The minimum atomic E-state index is -0.227. The van der Waals surface area contributed by atoms with Gasteiger partial charge in [-0.3, -0.25) is 4.99 Å². The fraction of sp³-hybridized carbons (Fsp3) is 0.658. The SMILES string of the molecule is C=N/C=C\N(C)C.CCN(CCCCCCOC(=O)/C=C/CCC=C(C)C)CCCCCCOC(=O)/C=C(\C)CCC=C(C)C. The number of allylic oxidation sites excluding steroid dienone is 6. The van der Waals surface area contributed by atoms with Gasteiger partial charge in [-0.1, -0.05) is 67.6 Å². The quantitative estimate of drug-likeness (QED) is 0.0330. The predicted octanol–water partition coefficient (Wildman–Crippen LogP) is 9.23. The summed E-state index contributed by atoms with van der Waals surface area (Å²) in [5, 5.41) is 0. The number of ether oxygens (including phenoxy) is 2. The Balaban J connectivity index is 0. The molecule has 0 unspecified atom stereocenters. The summed E-state index contributed by atoms with van der Waals surface area (Å²) >= 11 is 0. The van der Waals surface area contributed by atoms with Crippen molar-refractivity contribution in [2.75, 3.05) is 46.9 Å². The Hall–Kier alpha value is -2.93. The van der Waals surface area contributed by atoms with Gasteiger partial charge in [0.05, 0.1) is 13.2 Å². The lowest BCUT2D eigenvalue weighted by Crippen LogP contribution is -2.25. The molecule has 0 radical (unpaired) electrons. The third-order valence-corrected chi connectivity index (χ3v) is 6.74. The van der Waals surface area contributed by atoms with Crippen molar-refractivity contribution in [3.8, 4) is 0 Å². The first kappa shape index (κ1) is 44.2. The van der Waals surface area contributed by atoms with E-state index < -0.39 is 0 Å². The summed E-state index contributed by atoms with van der Waals surface area (Å²) in [7, 11) is 3.86. The van der Waals surface area contributed by atoms with Crippen LogP contribution >= 0.6 is 0 Å². The smallest absolute Gasteiger partial charge is 0.330 e. The van der Waals surface area contributed by atoms with Gasteiger partial charge in [-0.05, 0) is 112 Å². The van der Waals surface area contributed by atoms with Gasteiger partial charge in [0, 0.05) is 38.6 Å². The van der Waals surface area contributed by atoms with Crippen molar-refractivity contribution in [2.45, 2.75) is 119 Å². The summed E-state index contributed by atoms with van der Waals surface area (Å²) in [6.07, 6.45) is 25.4. The standard InChI is InChI=1S/C33H57NO4.C5H10N2/c1-7-34(24-15-8-10-17-26-37-32(35)23-14-12-13-20-29(2)3)25-16-9-11-18-27-38-33(36)28-31(6)22-19-21-30(4)5;1-6-4-5-7(2)3/h14,20-21,23,28H,7-13,15-19,22,24-27H2,1-6H3;4-5H,1H2,2-3H3/b23-14+,31-28+;5-4-. The van der Waals surface area contributed by atoms with E-state index in [1.54, 1.807) is 18.4 Å². The van der Waals surface area contributed by atoms with Crippen molar-refractivity contribution < 1.29 is 19.1 Å². The Morgan fingerprint density at radius 2 is 1.27 bits per heavy atom. The topological polar surface area (TPSA) is 71.4 Å². The number of nitrogens with zero attached hydrogens (tertiary/aromatic N) is 3. The Kier molecular flexibility index (Phi) is 31.9. The molecule has 7 nitrogen and oxygen atoms in total. The van der Waals surface area contributed by atoms with Crippen LogP contribution in [0.1, 0.15) is 119 Å². The molecule has 0 rings (SSSR count). The van der Waals surface area contributed by atoms with Gasteiger partial charge in [0.15, 0.2) is 0 Å². The molecule has 0 fully saturated rings. The van der Waals surface area contributed by atoms with Gasteiger partial charge >= 0.3 is 11.9 Å². The highest BCUT2D eigenvalue weighted by molar-refractivity contribution is 5.82. The van der Waals surface area contributed by atoms with E-state index in [9.17, 15) is 9.59 Å². The van der Waals surface area contributed by atoms with Crippen LogP contribution in [0.25, 0.3) is 0 Å². The summed E-state index contributed by atoms with van der Waals surface area (Å²) in [6, 6.07) is 0.